The van der Waals surface area contributed by atoms with Crippen LogP contribution in [-0.4, -0.2) is 16.1 Å². The first-order valence-electron chi connectivity index (χ1n) is 4.28. The predicted molar refractivity (Wildman–Crippen MR) is 58.3 cm³/mol. The van der Waals surface area contributed by atoms with Gasteiger partial charge in [-0.25, -0.2) is 15.3 Å². The Hall–Kier alpha value is -2.01. The van der Waals surface area contributed by atoms with E-state index in [1.54, 1.807) is 12.3 Å². The van der Waals surface area contributed by atoms with Crippen LogP contribution in [0.15, 0.2) is 48.5 Å². The summed E-state index contributed by atoms with van der Waals surface area (Å²) in [6, 6.07) is 5.41. The number of allylic oxidation sites excluding steroid dienone is 2. The van der Waals surface area contributed by atoms with E-state index < -0.39 is 5.97 Å². The number of hydroxylamine groups is 1. The molecule has 0 saturated heterocycles. The molecule has 1 aromatic rings. The van der Waals surface area contributed by atoms with E-state index >= 15 is 0 Å². The van der Waals surface area contributed by atoms with Crippen LogP contribution in [0, 0.1) is 0 Å². The van der Waals surface area contributed by atoms with Crippen LogP contribution in [-0.2, 0) is 9.63 Å². The number of rotatable bonds is 1. The first-order chi connectivity index (χ1) is 7.70. The largest absolute Gasteiger partial charge is 0.476 e. The Morgan fingerprint density at radius 2 is 2.31 bits per heavy atom. The van der Waals surface area contributed by atoms with Gasteiger partial charge in [-0.3, -0.25) is 0 Å². The van der Waals surface area contributed by atoms with Gasteiger partial charge in [0, 0.05) is 6.20 Å². The molecular weight excluding hydrogens is 232 g/mol. The number of pyridine rings is 1. The summed E-state index contributed by atoms with van der Waals surface area (Å²) < 4.78 is 0. The first kappa shape index (κ1) is 12.1. The number of nitrogens with zero attached hydrogens (tertiary/aromatic N) is 1. The number of halogens is 1. The van der Waals surface area contributed by atoms with Crippen LogP contribution in [0.4, 0.5) is 0 Å². The third-order valence-corrected chi connectivity index (χ3v) is 1.66. The zero-order valence-electron chi connectivity index (χ0n) is 8.13. The molecule has 84 valence electrons. The fourth-order valence-electron chi connectivity index (χ4n) is 0.763. The normalized spacial score (nSPS) is 12.4. The first-order valence-corrected chi connectivity index (χ1v) is 4.66. The van der Waals surface area contributed by atoms with Gasteiger partial charge in [0.2, 0.25) is 0 Å². The number of aromatic nitrogens is 1. The van der Waals surface area contributed by atoms with Gasteiger partial charge in [0.1, 0.15) is 11.4 Å². The van der Waals surface area contributed by atoms with E-state index in [1.807, 2.05) is 12.1 Å². The monoisotopic (exact) mass is 240 g/mol. The predicted octanol–water partition coefficient (Wildman–Crippen LogP) is 1.74. The SMILES string of the molecule is Clc1ccccn1.O=C(O)C1=CC=CON1. The summed E-state index contributed by atoms with van der Waals surface area (Å²) in [7, 11) is 0. The highest BCUT2D eigenvalue weighted by molar-refractivity contribution is 6.29. The van der Waals surface area contributed by atoms with Crippen molar-refractivity contribution in [3.05, 3.63) is 53.7 Å². The molecule has 1 aromatic heterocycles. The Kier molecular flexibility index (Phi) is 4.88. The summed E-state index contributed by atoms with van der Waals surface area (Å²) in [4.78, 5) is 18.3. The van der Waals surface area contributed by atoms with E-state index in [0.717, 1.165) is 0 Å². The van der Waals surface area contributed by atoms with Gasteiger partial charge in [0.25, 0.3) is 0 Å². The molecule has 0 radical (unpaired) electrons. The molecule has 0 fully saturated rings. The van der Waals surface area contributed by atoms with E-state index in [0.29, 0.717) is 5.15 Å². The molecule has 1 aliphatic heterocycles. The Labute approximate surface area is 97.0 Å². The Morgan fingerprint density at radius 1 is 1.50 bits per heavy atom. The highest BCUT2D eigenvalue weighted by Gasteiger charge is 2.06. The molecule has 2 rings (SSSR count). The number of nitrogens with one attached hydrogen (secondary N) is 1. The van der Waals surface area contributed by atoms with Crippen LogP contribution < -0.4 is 5.48 Å². The molecule has 5 nitrogen and oxygen atoms in total. The molecular formula is C10H9ClN2O3. The zero-order valence-corrected chi connectivity index (χ0v) is 8.89. The van der Waals surface area contributed by atoms with E-state index in [9.17, 15) is 4.79 Å². The van der Waals surface area contributed by atoms with Gasteiger partial charge >= 0.3 is 5.97 Å². The maximum atomic E-state index is 10.1. The molecule has 0 spiro atoms. The molecule has 0 amide bonds. The molecule has 0 aliphatic carbocycles. The Morgan fingerprint density at radius 3 is 2.62 bits per heavy atom. The highest BCUT2D eigenvalue weighted by atomic mass is 35.5. The van der Waals surface area contributed by atoms with Crippen LogP contribution in [0.1, 0.15) is 0 Å². The van der Waals surface area contributed by atoms with Crippen molar-refractivity contribution in [2.45, 2.75) is 0 Å². The quantitative estimate of drug-likeness (QED) is 0.732. The number of aliphatic carboxylic acids is 1. The molecule has 0 unspecified atom stereocenters. The van der Waals surface area contributed by atoms with Gasteiger partial charge in [0.15, 0.2) is 5.70 Å². The maximum absolute atomic E-state index is 10.1. The lowest BCUT2D eigenvalue weighted by Crippen LogP contribution is -2.19. The van der Waals surface area contributed by atoms with Crippen molar-refractivity contribution in [3.63, 3.8) is 0 Å². The third kappa shape index (κ3) is 4.47. The summed E-state index contributed by atoms with van der Waals surface area (Å²) in [6.45, 7) is 0. The van der Waals surface area contributed by atoms with E-state index in [1.165, 1.54) is 18.4 Å². The van der Waals surface area contributed by atoms with E-state index in [-0.39, 0.29) is 5.70 Å². The van der Waals surface area contributed by atoms with Crippen molar-refractivity contribution in [2.75, 3.05) is 0 Å². The van der Waals surface area contributed by atoms with E-state index in [2.05, 4.69) is 15.3 Å². The molecule has 6 heteroatoms. The van der Waals surface area contributed by atoms with Crippen molar-refractivity contribution in [3.8, 4) is 0 Å². The molecule has 0 atom stereocenters. The zero-order chi connectivity index (χ0) is 11.8. The van der Waals surface area contributed by atoms with Crippen LogP contribution in [0.25, 0.3) is 0 Å². The summed E-state index contributed by atoms with van der Waals surface area (Å²) in [5.41, 5.74) is 2.23. The standard InChI is InChI=1S/C5H4ClN.C5H5NO3/c6-5-3-1-2-4-7-5;7-5(8)4-2-1-3-9-6-4/h1-4H;1-3,6H,(H,7,8). The van der Waals surface area contributed by atoms with Gasteiger partial charge in [-0.2, -0.15) is 0 Å². The lowest BCUT2D eigenvalue weighted by molar-refractivity contribution is -0.134. The van der Waals surface area contributed by atoms with Crippen molar-refractivity contribution < 1.29 is 14.7 Å². The third-order valence-electron chi connectivity index (χ3n) is 1.44. The summed E-state index contributed by atoms with van der Waals surface area (Å²) in [5.74, 6) is -1.03. The van der Waals surface area contributed by atoms with Crippen molar-refractivity contribution in [1.82, 2.24) is 10.5 Å². The van der Waals surface area contributed by atoms with Gasteiger partial charge in [0.05, 0.1) is 0 Å². The number of hydrogen-bond donors (Lipinski definition) is 2. The molecule has 0 aromatic carbocycles. The number of carbonyl (C=O) groups is 1. The second kappa shape index (κ2) is 6.47. The average Bonchev–Trinajstić information content (AvgIpc) is 2.32. The van der Waals surface area contributed by atoms with Gasteiger partial charge in [-0.15, -0.1) is 0 Å². The van der Waals surface area contributed by atoms with Crippen LogP contribution >= 0.6 is 11.6 Å². The van der Waals surface area contributed by atoms with Gasteiger partial charge < -0.3 is 9.94 Å². The Bertz CT molecular complexity index is 404. The second-order valence-corrected chi connectivity index (χ2v) is 2.97. The minimum Gasteiger partial charge on any atom is -0.476 e. The van der Waals surface area contributed by atoms with Crippen molar-refractivity contribution >= 4 is 17.6 Å². The lowest BCUT2D eigenvalue weighted by atomic mass is 10.4. The second-order valence-electron chi connectivity index (χ2n) is 2.59. The minimum atomic E-state index is -1.03. The van der Waals surface area contributed by atoms with Crippen molar-refractivity contribution in [2.24, 2.45) is 0 Å². The average molecular weight is 241 g/mol. The minimum absolute atomic E-state index is 0.0394. The lowest BCUT2D eigenvalue weighted by Gasteiger charge is -2.06. The molecule has 0 bridgehead atoms. The summed E-state index contributed by atoms with van der Waals surface area (Å²) in [5, 5.41) is 8.84. The van der Waals surface area contributed by atoms with E-state index in [4.69, 9.17) is 16.7 Å². The molecule has 16 heavy (non-hydrogen) atoms. The van der Waals surface area contributed by atoms with Crippen molar-refractivity contribution in [1.29, 1.82) is 0 Å². The molecule has 2 heterocycles. The maximum Gasteiger partial charge on any atom is 0.355 e. The number of hydrogen-bond acceptors (Lipinski definition) is 4. The molecule has 0 saturated carbocycles. The number of carboxylic acid groups (broad SMARTS) is 1. The smallest absolute Gasteiger partial charge is 0.355 e. The Balaban J connectivity index is 0.000000165. The number of carboxylic acids is 1. The molecule has 1 aliphatic rings. The summed E-state index contributed by atoms with van der Waals surface area (Å²) >= 11 is 5.43. The van der Waals surface area contributed by atoms with Gasteiger partial charge in [-0.1, -0.05) is 17.7 Å². The topological polar surface area (TPSA) is 71.5 Å². The summed E-state index contributed by atoms with van der Waals surface area (Å²) in [6.07, 6.45) is 5.92. The van der Waals surface area contributed by atoms with Crippen LogP contribution in [0.2, 0.25) is 5.15 Å². The van der Waals surface area contributed by atoms with Crippen LogP contribution in [0.5, 0.6) is 0 Å². The highest BCUT2D eigenvalue weighted by Crippen LogP contribution is 1.98. The van der Waals surface area contributed by atoms with Gasteiger partial charge in [-0.05, 0) is 24.3 Å². The fourth-order valence-corrected chi connectivity index (χ4v) is 0.892. The fraction of sp³-hybridized carbons (Fsp3) is 0. The molecule has 2 N–H and O–H groups in total. The van der Waals surface area contributed by atoms with Crippen LogP contribution in [0.3, 0.4) is 0 Å².